The van der Waals surface area contributed by atoms with Crippen molar-refractivity contribution in [2.75, 3.05) is 0 Å². The van der Waals surface area contributed by atoms with Crippen molar-refractivity contribution in [2.24, 2.45) is 5.84 Å². The molecule has 0 saturated carbocycles. The molecule has 6 heteroatoms. The van der Waals surface area contributed by atoms with Crippen LogP contribution < -0.4 is 16.0 Å². The summed E-state index contributed by atoms with van der Waals surface area (Å²) in [7, 11) is 0. The van der Waals surface area contributed by atoms with E-state index < -0.39 is 0 Å². The van der Waals surface area contributed by atoms with Crippen LogP contribution in [0.5, 0.6) is 5.75 Å². The number of para-hydroxylation sites is 1. The molecular weight excluding hydrogens is 320 g/mol. The molecule has 5 nitrogen and oxygen atoms in total. The minimum Gasteiger partial charge on any atom is -0.488 e. The Morgan fingerprint density at radius 1 is 1.55 bits per heavy atom. The summed E-state index contributed by atoms with van der Waals surface area (Å²) in [6, 6.07) is 7.99. The summed E-state index contributed by atoms with van der Waals surface area (Å²) in [6.07, 6.45) is 2.60. The van der Waals surface area contributed by atoms with Gasteiger partial charge in [0, 0.05) is 13.0 Å². The molecule has 1 aliphatic heterocycles. The number of hydrazine groups is 1. The van der Waals surface area contributed by atoms with E-state index in [9.17, 15) is 0 Å². The fourth-order valence-corrected chi connectivity index (χ4v) is 3.23. The Morgan fingerprint density at radius 3 is 3.05 bits per heavy atom. The number of nitrogens with two attached hydrogens (primary N) is 1. The van der Waals surface area contributed by atoms with Gasteiger partial charge in [-0.25, -0.2) is 5.43 Å². The molecule has 0 saturated heterocycles. The van der Waals surface area contributed by atoms with Crippen molar-refractivity contribution < 1.29 is 4.74 Å². The second kappa shape index (κ2) is 5.55. The largest absolute Gasteiger partial charge is 0.488 e. The van der Waals surface area contributed by atoms with Gasteiger partial charge in [-0.05, 0) is 34.5 Å². The van der Waals surface area contributed by atoms with Crippen molar-refractivity contribution in [3.05, 3.63) is 46.2 Å². The van der Waals surface area contributed by atoms with Crippen LogP contribution in [0.25, 0.3) is 0 Å². The molecule has 2 heterocycles. The molecule has 2 unspecified atom stereocenters. The normalized spacial score (nSPS) is 18.6. The van der Waals surface area contributed by atoms with E-state index in [0.717, 1.165) is 28.9 Å². The van der Waals surface area contributed by atoms with Crippen LogP contribution in [0.1, 0.15) is 24.2 Å². The Hall–Kier alpha value is -1.37. The van der Waals surface area contributed by atoms with Crippen molar-refractivity contribution >= 4 is 15.9 Å². The zero-order valence-corrected chi connectivity index (χ0v) is 12.8. The lowest BCUT2D eigenvalue weighted by Gasteiger charge is -2.23. The number of hydrogen-bond donors (Lipinski definition) is 2. The van der Waals surface area contributed by atoms with Gasteiger partial charge in [-0.1, -0.05) is 18.2 Å². The predicted octanol–water partition coefficient (Wildman–Crippen LogP) is 2.17. The van der Waals surface area contributed by atoms with Gasteiger partial charge in [-0.3, -0.25) is 10.5 Å². The van der Waals surface area contributed by atoms with E-state index in [-0.39, 0.29) is 12.1 Å². The van der Waals surface area contributed by atoms with Gasteiger partial charge in [0.25, 0.3) is 0 Å². The third kappa shape index (κ3) is 2.24. The van der Waals surface area contributed by atoms with Crippen molar-refractivity contribution in [1.82, 2.24) is 15.2 Å². The molecule has 3 N–H and O–H groups in total. The smallest absolute Gasteiger partial charge is 0.125 e. The highest BCUT2D eigenvalue weighted by Crippen LogP contribution is 2.35. The second-order valence-corrected chi connectivity index (χ2v) is 5.66. The van der Waals surface area contributed by atoms with Crippen LogP contribution in [0.4, 0.5) is 0 Å². The molecule has 106 valence electrons. The van der Waals surface area contributed by atoms with Gasteiger partial charge in [0.05, 0.1) is 16.4 Å². The Balaban J connectivity index is 1.91. The third-order valence-corrected chi connectivity index (χ3v) is 4.26. The molecule has 1 aromatic heterocycles. The van der Waals surface area contributed by atoms with Crippen molar-refractivity contribution in [2.45, 2.75) is 32.0 Å². The summed E-state index contributed by atoms with van der Waals surface area (Å²) in [5.74, 6) is 6.72. The number of benzene rings is 1. The molecule has 0 fully saturated rings. The Bertz CT molecular complexity index is 588. The summed E-state index contributed by atoms with van der Waals surface area (Å²) in [4.78, 5) is 0. The number of nitrogens with one attached hydrogen (secondary N) is 1. The average Bonchev–Trinajstić information content (AvgIpc) is 3.04. The average molecular weight is 337 g/mol. The number of rotatable bonds is 4. The molecule has 3 rings (SSSR count). The highest BCUT2D eigenvalue weighted by atomic mass is 79.9. The molecule has 20 heavy (non-hydrogen) atoms. The van der Waals surface area contributed by atoms with Gasteiger partial charge in [0.15, 0.2) is 0 Å². The standard InChI is InChI=1S/C14H17BrN4O/c1-2-19-14(10(15)8-17-19)13(18-16)12-7-9-5-3-4-6-11(9)20-12/h3-6,8,12-13,18H,2,7,16H2,1H3. The van der Waals surface area contributed by atoms with Crippen LogP contribution in [0.15, 0.2) is 34.9 Å². The van der Waals surface area contributed by atoms with Crippen LogP contribution in [-0.4, -0.2) is 15.9 Å². The topological polar surface area (TPSA) is 65.1 Å². The number of hydrogen-bond acceptors (Lipinski definition) is 4. The van der Waals surface area contributed by atoms with E-state index >= 15 is 0 Å². The van der Waals surface area contributed by atoms with Crippen LogP contribution in [0, 0.1) is 0 Å². The number of fused-ring (bicyclic) bond motifs is 1. The summed E-state index contributed by atoms with van der Waals surface area (Å²) in [5.41, 5.74) is 5.12. The zero-order chi connectivity index (χ0) is 14.1. The Kier molecular flexibility index (Phi) is 3.78. The van der Waals surface area contributed by atoms with Crippen LogP contribution in [0.3, 0.4) is 0 Å². The molecule has 0 bridgehead atoms. The fraction of sp³-hybridized carbons (Fsp3) is 0.357. The molecule has 0 spiro atoms. The predicted molar refractivity (Wildman–Crippen MR) is 80.2 cm³/mol. The molecule has 2 atom stereocenters. The highest BCUT2D eigenvalue weighted by Gasteiger charge is 2.33. The minimum absolute atomic E-state index is 0.0318. The first-order valence-electron chi connectivity index (χ1n) is 6.66. The van der Waals surface area contributed by atoms with Gasteiger partial charge in [0.1, 0.15) is 17.9 Å². The summed E-state index contributed by atoms with van der Waals surface area (Å²) in [5, 5.41) is 4.34. The number of nitrogens with zero attached hydrogens (tertiary/aromatic N) is 2. The molecular formula is C14H17BrN4O. The van der Waals surface area contributed by atoms with Gasteiger partial charge in [-0.2, -0.15) is 5.10 Å². The van der Waals surface area contributed by atoms with Crippen molar-refractivity contribution in [3.8, 4) is 5.75 Å². The summed E-state index contributed by atoms with van der Waals surface area (Å²) >= 11 is 3.55. The lowest BCUT2D eigenvalue weighted by atomic mass is 10.0. The molecule has 0 aliphatic carbocycles. The maximum atomic E-state index is 6.03. The number of aromatic nitrogens is 2. The molecule has 1 aliphatic rings. The monoisotopic (exact) mass is 336 g/mol. The second-order valence-electron chi connectivity index (χ2n) is 4.81. The maximum Gasteiger partial charge on any atom is 0.125 e. The Labute approximate surface area is 126 Å². The lowest BCUT2D eigenvalue weighted by molar-refractivity contribution is 0.173. The lowest BCUT2D eigenvalue weighted by Crippen LogP contribution is -2.40. The highest BCUT2D eigenvalue weighted by molar-refractivity contribution is 9.10. The first-order chi connectivity index (χ1) is 9.74. The molecule has 0 amide bonds. The summed E-state index contributed by atoms with van der Waals surface area (Å²) in [6.45, 7) is 2.85. The van der Waals surface area contributed by atoms with E-state index in [1.54, 1.807) is 6.20 Å². The molecule has 2 aromatic rings. The van der Waals surface area contributed by atoms with E-state index in [0.29, 0.717) is 0 Å². The first kappa shape index (κ1) is 13.6. The summed E-state index contributed by atoms with van der Waals surface area (Å²) < 4.78 is 8.91. The van der Waals surface area contributed by atoms with Gasteiger partial charge in [0.2, 0.25) is 0 Å². The van der Waals surface area contributed by atoms with Crippen LogP contribution in [-0.2, 0) is 13.0 Å². The van der Waals surface area contributed by atoms with Gasteiger partial charge < -0.3 is 4.74 Å². The van der Waals surface area contributed by atoms with Crippen LogP contribution in [0.2, 0.25) is 0 Å². The van der Waals surface area contributed by atoms with Crippen LogP contribution >= 0.6 is 15.9 Å². The van der Waals surface area contributed by atoms with E-state index in [1.165, 1.54) is 5.56 Å². The van der Waals surface area contributed by atoms with E-state index in [4.69, 9.17) is 10.6 Å². The SMILES string of the molecule is CCn1ncc(Br)c1C(NN)C1Cc2ccccc2O1. The number of aryl methyl sites for hydroxylation is 1. The molecule has 0 radical (unpaired) electrons. The number of ether oxygens (including phenoxy) is 1. The minimum atomic E-state index is -0.112. The van der Waals surface area contributed by atoms with Crippen molar-refractivity contribution in [3.63, 3.8) is 0 Å². The van der Waals surface area contributed by atoms with Gasteiger partial charge in [-0.15, -0.1) is 0 Å². The van der Waals surface area contributed by atoms with Gasteiger partial charge >= 0.3 is 0 Å². The van der Waals surface area contributed by atoms with Crippen molar-refractivity contribution in [1.29, 1.82) is 0 Å². The molecule has 1 aromatic carbocycles. The quantitative estimate of drug-likeness (QED) is 0.663. The first-order valence-corrected chi connectivity index (χ1v) is 7.45. The maximum absolute atomic E-state index is 6.03. The number of halogens is 1. The zero-order valence-electron chi connectivity index (χ0n) is 11.2. The fourth-order valence-electron chi connectivity index (χ4n) is 2.69. The Morgan fingerprint density at radius 2 is 2.35 bits per heavy atom. The third-order valence-electron chi connectivity index (χ3n) is 3.65. The van der Waals surface area contributed by atoms with E-state index in [2.05, 4.69) is 39.4 Å². The van der Waals surface area contributed by atoms with E-state index in [1.807, 2.05) is 22.9 Å².